The van der Waals surface area contributed by atoms with E-state index in [4.69, 9.17) is 10.00 Å². The van der Waals surface area contributed by atoms with E-state index in [-0.39, 0.29) is 5.56 Å². The van der Waals surface area contributed by atoms with Gasteiger partial charge in [-0.15, -0.1) is 0 Å². The fraction of sp³-hybridized carbons (Fsp3) is 0.0714. The molecule has 2 aromatic carbocycles. The molecule has 2 rings (SSSR count). The Bertz CT molecular complexity index is 607. The molecular weight excluding hydrogens is 297 g/mol. The summed E-state index contributed by atoms with van der Waals surface area (Å²) in [5.74, 6) is -0.121. The molecule has 90 valence electrons. The summed E-state index contributed by atoms with van der Waals surface area (Å²) in [5, 5.41) is 8.73. The second kappa shape index (κ2) is 5.65. The molecule has 0 spiro atoms. The van der Waals surface area contributed by atoms with Gasteiger partial charge in [0.05, 0.1) is 11.6 Å². The molecule has 0 fully saturated rings. The number of halogens is 2. The van der Waals surface area contributed by atoms with Crippen LogP contribution < -0.4 is 4.74 Å². The predicted octanol–water partition coefficient (Wildman–Crippen LogP) is 4.04. The molecule has 0 radical (unpaired) electrons. The highest BCUT2D eigenvalue weighted by atomic mass is 79.9. The molecular formula is C14H9BrFNO. The van der Waals surface area contributed by atoms with Crippen molar-refractivity contribution in [2.75, 3.05) is 0 Å². The number of nitrogens with zero attached hydrogens (tertiary/aromatic N) is 1. The lowest BCUT2D eigenvalue weighted by atomic mass is 10.2. The van der Waals surface area contributed by atoms with E-state index in [2.05, 4.69) is 15.9 Å². The van der Waals surface area contributed by atoms with E-state index in [1.165, 1.54) is 18.2 Å². The van der Waals surface area contributed by atoms with Gasteiger partial charge in [0, 0.05) is 10.5 Å². The number of nitriles is 1. The van der Waals surface area contributed by atoms with Crippen LogP contribution in [-0.4, -0.2) is 0 Å². The minimum absolute atomic E-state index is 0.249. The average molecular weight is 306 g/mol. The van der Waals surface area contributed by atoms with Crippen LogP contribution in [-0.2, 0) is 6.61 Å². The minimum Gasteiger partial charge on any atom is -0.489 e. The number of ether oxygens (including phenoxy) is 1. The van der Waals surface area contributed by atoms with Gasteiger partial charge in [-0.1, -0.05) is 28.1 Å². The molecule has 0 heterocycles. The molecule has 0 unspecified atom stereocenters. The van der Waals surface area contributed by atoms with Crippen molar-refractivity contribution in [1.29, 1.82) is 5.26 Å². The molecule has 0 bridgehead atoms. The van der Waals surface area contributed by atoms with Crippen LogP contribution in [0.2, 0.25) is 0 Å². The fourth-order valence-electron chi connectivity index (χ4n) is 1.50. The molecule has 2 aromatic rings. The van der Waals surface area contributed by atoms with Gasteiger partial charge in [-0.25, -0.2) is 4.39 Å². The van der Waals surface area contributed by atoms with Crippen molar-refractivity contribution in [2.45, 2.75) is 6.61 Å². The van der Waals surface area contributed by atoms with Crippen LogP contribution in [0, 0.1) is 17.1 Å². The van der Waals surface area contributed by atoms with Crippen LogP contribution in [0.3, 0.4) is 0 Å². The maximum Gasteiger partial charge on any atom is 0.128 e. The largest absolute Gasteiger partial charge is 0.489 e. The van der Waals surface area contributed by atoms with E-state index in [0.717, 1.165) is 10.0 Å². The highest BCUT2D eigenvalue weighted by Gasteiger charge is 2.02. The van der Waals surface area contributed by atoms with Crippen molar-refractivity contribution in [3.05, 3.63) is 63.9 Å². The molecule has 18 heavy (non-hydrogen) atoms. The zero-order valence-electron chi connectivity index (χ0n) is 9.36. The van der Waals surface area contributed by atoms with Gasteiger partial charge >= 0.3 is 0 Å². The summed E-state index contributed by atoms with van der Waals surface area (Å²) in [6, 6.07) is 13.5. The first-order valence-electron chi connectivity index (χ1n) is 5.25. The Morgan fingerprint density at radius 3 is 2.78 bits per heavy atom. The topological polar surface area (TPSA) is 33.0 Å². The van der Waals surface area contributed by atoms with Crippen molar-refractivity contribution in [2.24, 2.45) is 0 Å². The molecule has 0 aliphatic heterocycles. The lowest BCUT2D eigenvalue weighted by Crippen LogP contribution is -1.96. The van der Waals surface area contributed by atoms with E-state index in [9.17, 15) is 4.39 Å². The molecule has 0 aromatic heterocycles. The summed E-state index contributed by atoms with van der Waals surface area (Å²) in [5.41, 5.74) is 1.21. The molecule has 0 amide bonds. The Labute approximate surface area is 113 Å². The van der Waals surface area contributed by atoms with Crippen molar-refractivity contribution < 1.29 is 9.13 Å². The second-order valence-corrected chi connectivity index (χ2v) is 4.62. The first-order chi connectivity index (χ1) is 8.67. The van der Waals surface area contributed by atoms with Crippen molar-refractivity contribution in [3.8, 4) is 11.8 Å². The number of hydrogen-bond donors (Lipinski definition) is 0. The van der Waals surface area contributed by atoms with Gasteiger partial charge in [0.2, 0.25) is 0 Å². The number of benzene rings is 2. The SMILES string of the molecule is N#Cc1cc(F)cc(OCc2cccc(Br)c2)c1. The minimum atomic E-state index is -0.474. The van der Waals surface area contributed by atoms with E-state index < -0.39 is 5.82 Å². The van der Waals surface area contributed by atoms with Gasteiger partial charge in [-0.3, -0.25) is 0 Å². The summed E-state index contributed by atoms with van der Waals surface area (Å²) >= 11 is 3.36. The van der Waals surface area contributed by atoms with E-state index in [0.29, 0.717) is 12.4 Å². The maximum atomic E-state index is 13.2. The molecule has 0 aliphatic rings. The number of hydrogen-bond acceptors (Lipinski definition) is 2. The summed E-state index contributed by atoms with van der Waals surface area (Å²) in [6.07, 6.45) is 0. The second-order valence-electron chi connectivity index (χ2n) is 3.71. The summed E-state index contributed by atoms with van der Waals surface area (Å²) in [7, 11) is 0. The smallest absolute Gasteiger partial charge is 0.128 e. The predicted molar refractivity (Wildman–Crippen MR) is 69.6 cm³/mol. The molecule has 0 saturated heterocycles. The van der Waals surface area contributed by atoms with Gasteiger partial charge in [0.25, 0.3) is 0 Å². The first kappa shape index (κ1) is 12.6. The quantitative estimate of drug-likeness (QED) is 0.857. The maximum absolute atomic E-state index is 13.2. The zero-order valence-corrected chi connectivity index (χ0v) is 10.9. The zero-order chi connectivity index (χ0) is 13.0. The molecule has 0 atom stereocenters. The first-order valence-corrected chi connectivity index (χ1v) is 6.04. The monoisotopic (exact) mass is 305 g/mol. The Hall–Kier alpha value is -1.86. The fourth-order valence-corrected chi connectivity index (χ4v) is 1.95. The summed E-state index contributed by atoms with van der Waals surface area (Å²) < 4.78 is 19.6. The van der Waals surface area contributed by atoms with Crippen LogP contribution in [0.1, 0.15) is 11.1 Å². The Kier molecular flexibility index (Phi) is 3.96. The van der Waals surface area contributed by atoms with Crippen LogP contribution in [0.15, 0.2) is 46.9 Å². The third kappa shape index (κ3) is 3.31. The van der Waals surface area contributed by atoms with Crippen molar-refractivity contribution in [1.82, 2.24) is 0 Å². The standard InChI is InChI=1S/C14H9BrFNO/c15-12-3-1-2-10(4-12)9-18-14-6-11(8-17)5-13(16)7-14/h1-7H,9H2. The average Bonchev–Trinajstić information content (AvgIpc) is 2.36. The Morgan fingerprint density at radius 2 is 2.06 bits per heavy atom. The summed E-state index contributed by atoms with van der Waals surface area (Å²) in [6.45, 7) is 0.327. The highest BCUT2D eigenvalue weighted by Crippen LogP contribution is 2.18. The van der Waals surface area contributed by atoms with E-state index in [1.807, 2.05) is 30.3 Å². The van der Waals surface area contributed by atoms with Crippen molar-refractivity contribution in [3.63, 3.8) is 0 Å². The molecule has 0 N–H and O–H groups in total. The third-order valence-electron chi connectivity index (χ3n) is 2.29. The van der Waals surface area contributed by atoms with E-state index >= 15 is 0 Å². The van der Waals surface area contributed by atoms with E-state index in [1.54, 1.807) is 0 Å². The van der Waals surface area contributed by atoms with Crippen LogP contribution in [0.4, 0.5) is 4.39 Å². The third-order valence-corrected chi connectivity index (χ3v) is 2.79. The van der Waals surface area contributed by atoms with Gasteiger partial charge in [0.15, 0.2) is 0 Å². The lowest BCUT2D eigenvalue weighted by Gasteiger charge is -2.07. The number of rotatable bonds is 3. The normalized spacial score (nSPS) is 9.83. The molecule has 4 heteroatoms. The van der Waals surface area contributed by atoms with Crippen molar-refractivity contribution >= 4 is 15.9 Å². The van der Waals surface area contributed by atoms with Gasteiger partial charge < -0.3 is 4.74 Å². The van der Waals surface area contributed by atoms with Gasteiger partial charge in [0.1, 0.15) is 18.2 Å². The summed E-state index contributed by atoms with van der Waals surface area (Å²) in [4.78, 5) is 0. The highest BCUT2D eigenvalue weighted by molar-refractivity contribution is 9.10. The molecule has 0 saturated carbocycles. The Balaban J connectivity index is 2.11. The van der Waals surface area contributed by atoms with Crippen LogP contribution in [0.25, 0.3) is 0 Å². The van der Waals surface area contributed by atoms with Gasteiger partial charge in [-0.05, 0) is 29.8 Å². The molecule has 0 aliphatic carbocycles. The lowest BCUT2D eigenvalue weighted by molar-refractivity contribution is 0.304. The molecule has 2 nitrogen and oxygen atoms in total. The van der Waals surface area contributed by atoms with Crippen LogP contribution >= 0.6 is 15.9 Å². The Morgan fingerprint density at radius 1 is 1.22 bits per heavy atom. The van der Waals surface area contributed by atoms with Crippen LogP contribution in [0.5, 0.6) is 5.75 Å². The van der Waals surface area contributed by atoms with Gasteiger partial charge in [-0.2, -0.15) is 5.26 Å².